The van der Waals surface area contributed by atoms with Gasteiger partial charge >= 0.3 is 11.4 Å². The molecular weight excluding hydrogens is 316 g/mol. The van der Waals surface area contributed by atoms with E-state index in [0.29, 0.717) is 26.2 Å². The Morgan fingerprint density at radius 1 is 1.48 bits per heavy atom. The van der Waals surface area contributed by atoms with Crippen molar-refractivity contribution in [2.45, 2.75) is 38.4 Å². The first-order valence-corrected chi connectivity index (χ1v) is 8.88. The monoisotopic (exact) mass is 336 g/mol. The molecular formula is C13H20O6S2. The third-order valence-electron chi connectivity index (χ3n) is 3.03. The first-order chi connectivity index (χ1) is 10.2. The molecule has 0 spiro atoms. The van der Waals surface area contributed by atoms with E-state index >= 15 is 0 Å². The van der Waals surface area contributed by atoms with Gasteiger partial charge in [-0.3, -0.25) is 8.74 Å². The van der Waals surface area contributed by atoms with E-state index in [9.17, 15) is 4.21 Å². The lowest BCUT2D eigenvalue weighted by Crippen LogP contribution is -2.33. The molecule has 0 saturated heterocycles. The minimum absolute atomic E-state index is 0.121. The summed E-state index contributed by atoms with van der Waals surface area (Å²) in [5, 5.41) is 3.82. The molecule has 6 nitrogen and oxygen atoms in total. The molecule has 8 heteroatoms. The number of thiophene rings is 1. The molecule has 3 unspecified atom stereocenters. The highest BCUT2D eigenvalue weighted by Gasteiger charge is 2.22. The second kappa shape index (κ2) is 8.70. The summed E-state index contributed by atoms with van der Waals surface area (Å²) in [5.41, 5.74) is 0. The molecule has 1 aliphatic rings. The van der Waals surface area contributed by atoms with Crippen LogP contribution in [0.2, 0.25) is 0 Å². The fraction of sp³-hybridized carbons (Fsp3) is 0.692. The molecule has 0 bridgehead atoms. The van der Waals surface area contributed by atoms with Gasteiger partial charge in [0.15, 0.2) is 17.6 Å². The average molecular weight is 336 g/mol. The summed E-state index contributed by atoms with van der Waals surface area (Å²) >= 11 is -0.685. The number of fused-ring (bicyclic) bond motifs is 1. The van der Waals surface area contributed by atoms with Crippen molar-refractivity contribution in [3.05, 3.63) is 10.8 Å². The number of rotatable bonds is 9. The van der Waals surface area contributed by atoms with Gasteiger partial charge in [-0.05, 0) is 12.8 Å². The Labute approximate surface area is 130 Å². The topological polar surface area (TPSA) is 74.2 Å². The van der Waals surface area contributed by atoms with E-state index in [-0.39, 0.29) is 12.2 Å². The van der Waals surface area contributed by atoms with Gasteiger partial charge in [-0.1, -0.05) is 13.3 Å². The summed E-state index contributed by atoms with van der Waals surface area (Å²) < 4.78 is 41.2. The quantitative estimate of drug-likeness (QED) is 0.552. The van der Waals surface area contributed by atoms with E-state index in [1.807, 2.05) is 17.7 Å². The van der Waals surface area contributed by atoms with Crippen molar-refractivity contribution in [2.24, 2.45) is 0 Å². The van der Waals surface area contributed by atoms with Gasteiger partial charge in [-0.2, -0.15) is 4.21 Å². The molecule has 0 aromatic carbocycles. The van der Waals surface area contributed by atoms with Crippen LogP contribution in [0.5, 0.6) is 11.5 Å². The van der Waals surface area contributed by atoms with Gasteiger partial charge in [-0.25, -0.2) is 0 Å². The summed E-state index contributed by atoms with van der Waals surface area (Å²) in [7, 11) is 0. The minimum atomic E-state index is -2.23. The number of ether oxygens (including phenoxy) is 3. The molecule has 2 heterocycles. The van der Waals surface area contributed by atoms with Crippen molar-refractivity contribution in [2.75, 3.05) is 19.8 Å². The molecule has 0 aliphatic carbocycles. The van der Waals surface area contributed by atoms with Crippen LogP contribution in [-0.4, -0.2) is 40.8 Å². The molecule has 1 aromatic heterocycles. The maximum atomic E-state index is 10.7. The van der Waals surface area contributed by atoms with Gasteiger partial charge in [0.25, 0.3) is 0 Å². The van der Waals surface area contributed by atoms with Crippen molar-refractivity contribution >= 4 is 22.7 Å². The Morgan fingerprint density at radius 2 is 2.29 bits per heavy atom. The SMILES string of the molecule is CCCC(CCOCC1COc2cscc2O1)OS(=O)O. The molecule has 0 fully saturated rings. The van der Waals surface area contributed by atoms with Gasteiger partial charge in [0.2, 0.25) is 0 Å². The van der Waals surface area contributed by atoms with Crippen molar-refractivity contribution < 1.29 is 27.2 Å². The number of hydrogen-bond donors (Lipinski definition) is 1. The normalized spacial score (nSPS) is 20.2. The lowest BCUT2D eigenvalue weighted by Gasteiger charge is -2.24. The van der Waals surface area contributed by atoms with Crippen LogP contribution in [0.4, 0.5) is 0 Å². The Bertz CT molecular complexity index is 450. The Balaban J connectivity index is 1.64. The smallest absolute Gasteiger partial charge is 0.302 e. The first-order valence-electron chi connectivity index (χ1n) is 6.90. The second-order valence-electron chi connectivity index (χ2n) is 4.74. The highest BCUT2D eigenvalue weighted by molar-refractivity contribution is 7.74. The van der Waals surface area contributed by atoms with Crippen LogP contribution in [0.1, 0.15) is 26.2 Å². The van der Waals surface area contributed by atoms with E-state index < -0.39 is 11.4 Å². The van der Waals surface area contributed by atoms with Crippen LogP contribution in [-0.2, 0) is 20.3 Å². The maximum absolute atomic E-state index is 10.7. The summed E-state index contributed by atoms with van der Waals surface area (Å²) in [5.74, 6) is 1.56. The third kappa shape index (κ3) is 5.55. The second-order valence-corrected chi connectivity index (χ2v) is 6.11. The maximum Gasteiger partial charge on any atom is 0.302 e. The largest absolute Gasteiger partial charge is 0.485 e. The van der Waals surface area contributed by atoms with Gasteiger partial charge in [0.05, 0.1) is 12.7 Å². The molecule has 0 saturated carbocycles. The minimum Gasteiger partial charge on any atom is -0.485 e. The zero-order valence-electron chi connectivity index (χ0n) is 11.9. The highest BCUT2D eigenvalue weighted by Crippen LogP contribution is 2.35. The van der Waals surface area contributed by atoms with E-state index in [1.54, 1.807) is 11.3 Å². The summed E-state index contributed by atoms with van der Waals surface area (Å²) in [6.45, 7) is 3.36. The van der Waals surface area contributed by atoms with Crippen LogP contribution in [0.25, 0.3) is 0 Å². The highest BCUT2D eigenvalue weighted by atomic mass is 32.2. The fourth-order valence-electron chi connectivity index (χ4n) is 2.05. The van der Waals surface area contributed by atoms with Gasteiger partial charge < -0.3 is 14.2 Å². The molecule has 21 heavy (non-hydrogen) atoms. The van der Waals surface area contributed by atoms with Crippen LogP contribution in [0.3, 0.4) is 0 Å². The van der Waals surface area contributed by atoms with Crippen LogP contribution >= 0.6 is 11.3 Å². The zero-order chi connectivity index (χ0) is 15.1. The molecule has 3 atom stereocenters. The van der Waals surface area contributed by atoms with Crippen molar-refractivity contribution in [3.8, 4) is 11.5 Å². The van der Waals surface area contributed by atoms with E-state index in [2.05, 4.69) is 0 Å². The molecule has 0 amide bonds. The lowest BCUT2D eigenvalue weighted by molar-refractivity contribution is 0.00159. The predicted molar refractivity (Wildman–Crippen MR) is 80.2 cm³/mol. The molecule has 1 aliphatic heterocycles. The Morgan fingerprint density at radius 3 is 3.05 bits per heavy atom. The average Bonchev–Trinajstić information content (AvgIpc) is 2.90. The van der Waals surface area contributed by atoms with Gasteiger partial charge in [-0.15, -0.1) is 11.3 Å². The first kappa shape index (κ1) is 16.7. The molecule has 120 valence electrons. The predicted octanol–water partition coefficient (Wildman–Crippen LogP) is 2.62. The van der Waals surface area contributed by atoms with Gasteiger partial charge in [0.1, 0.15) is 6.61 Å². The Kier molecular flexibility index (Phi) is 6.91. The van der Waals surface area contributed by atoms with E-state index in [1.165, 1.54) is 0 Å². The summed E-state index contributed by atoms with van der Waals surface area (Å²) in [6, 6.07) is 0. The summed E-state index contributed by atoms with van der Waals surface area (Å²) in [6.07, 6.45) is 1.83. The molecule has 1 aromatic rings. The van der Waals surface area contributed by atoms with Crippen LogP contribution < -0.4 is 9.47 Å². The number of hydrogen-bond acceptors (Lipinski definition) is 6. The fourth-order valence-corrected chi connectivity index (χ4v) is 3.15. The zero-order valence-corrected chi connectivity index (χ0v) is 13.5. The third-order valence-corrected chi connectivity index (χ3v) is 4.17. The van der Waals surface area contributed by atoms with Crippen molar-refractivity contribution in [1.29, 1.82) is 0 Å². The summed E-state index contributed by atoms with van der Waals surface area (Å²) in [4.78, 5) is 0. The van der Waals surface area contributed by atoms with Crippen LogP contribution in [0, 0.1) is 0 Å². The lowest BCUT2D eigenvalue weighted by atomic mass is 10.1. The molecule has 1 N–H and O–H groups in total. The van der Waals surface area contributed by atoms with Crippen molar-refractivity contribution in [3.63, 3.8) is 0 Å². The molecule has 0 radical (unpaired) electrons. The van der Waals surface area contributed by atoms with Gasteiger partial charge in [0, 0.05) is 17.4 Å². The van der Waals surface area contributed by atoms with Crippen LogP contribution in [0.15, 0.2) is 10.8 Å². The standard InChI is InChI=1S/C13H20O6S2/c1-2-3-10(19-21(14)15)4-5-16-6-11-7-17-12-8-20-9-13(12)18-11/h8-11H,2-7H2,1H3,(H,14,15). The van der Waals surface area contributed by atoms with E-state index in [0.717, 1.165) is 24.3 Å². The van der Waals surface area contributed by atoms with Crippen molar-refractivity contribution in [1.82, 2.24) is 0 Å². The van der Waals surface area contributed by atoms with E-state index in [4.69, 9.17) is 22.9 Å². The molecule has 2 rings (SSSR count). The Hall–Kier alpha value is -0.670.